The van der Waals surface area contributed by atoms with Crippen molar-refractivity contribution < 1.29 is 0 Å². The van der Waals surface area contributed by atoms with Gasteiger partial charge in [0.1, 0.15) is 11.9 Å². The molecule has 1 aromatic heterocycles. The van der Waals surface area contributed by atoms with Crippen LogP contribution in [0.1, 0.15) is 13.3 Å². The van der Waals surface area contributed by atoms with E-state index in [0.29, 0.717) is 6.42 Å². The van der Waals surface area contributed by atoms with Crippen LogP contribution in [0.3, 0.4) is 0 Å². The molecule has 1 unspecified atom stereocenters. The van der Waals surface area contributed by atoms with E-state index in [1.807, 2.05) is 11.6 Å². The third kappa shape index (κ3) is 3.01. The van der Waals surface area contributed by atoms with Gasteiger partial charge in [0, 0.05) is 12.8 Å². The lowest BCUT2D eigenvalue weighted by Crippen LogP contribution is -2.34. The summed E-state index contributed by atoms with van der Waals surface area (Å²) in [5.74, 6) is 0.771. The number of aryl methyl sites for hydroxylation is 1. The molecule has 0 saturated carbocycles. The molecular weight excluding hydrogens is 198 g/mol. The molecule has 0 aliphatic heterocycles. The molecule has 5 nitrogen and oxygen atoms in total. The van der Waals surface area contributed by atoms with Gasteiger partial charge in [-0.3, -0.25) is 0 Å². The number of nitrogens with zero attached hydrogens (tertiary/aromatic N) is 4. The number of rotatable bonds is 4. The van der Waals surface area contributed by atoms with E-state index in [1.54, 1.807) is 25.0 Å². The van der Waals surface area contributed by atoms with Gasteiger partial charge >= 0.3 is 0 Å². The quantitative estimate of drug-likeness (QED) is 0.735. The van der Waals surface area contributed by atoms with Gasteiger partial charge < -0.3 is 10.3 Å². The highest BCUT2D eigenvalue weighted by Gasteiger charge is 2.16. The molecule has 14 heavy (non-hydrogen) atoms. The highest BCUT2D eigenvalue weighted by molar-refractivity contribution is 7.99. The molecule has 2 N–H and O–H groups in total. The zero-order valence-corrected chi connectivity index (χ0v) is 9.08. The number of thioether (sulfide) groups is 1. The van der Waals surface area contributed by atoms with Gasteiger partial charge in [0.2, 0.25) is 0 Å². The molecule has 0 saturated heterocycles. The van der Waals surface area contributed by atoms with Crippen LogP contribution in [0.5, 0.6) is 0 Å². The number of hydrogen-bond donors (Lipinski definition) is 1. The van der Waals surface area contributed by atoms with Crippen molar-refractivity contribution in [3.8, 4) is 6.07 Å². The maximum absolute atomic E-state index is 8.69. The number of nitrogens with two attached hydrogens (primary N) is 1. The van der Waals surface area contributed by atoms with Crippen LogP contribution in [0.4, 0.5) is 0 Å². The lowest BCUT2D eigenvalue weighted by atomic mass is 10.0. The molecule has 0 aliphatic carbocycles. The SMILES string of the molecule is Cn1cnnc1SCCC(C)(N)C#N. The Balaban J connectivity index is 2.37. The van der Waals surface area contributed by atoms with Crippen molar-refractivity contribution in [3.05, 3.63) is 6.33 Å². The Morgan fingerprint density at radius 1 is 1.79 bits per heavy atom. The van der Waals surface area contributed by atoms with Crippen LogP contribution < -0.4 is 5.73 Å². The largest absolute Gasteiger partial charge is 0.314 e. The lowest BCUT2D eigenvalue weighted by Gasteiger charge is -2.13. The van der Waals surface area contributed by atoms with Gasteiger partial charge in [-0.1, -0.05) is 11.8 Å². The zero-order chi connectivity index (χ0) is 10.6. The Morgan fingerprint density at radius 3 is 3.00 bits per heavy atom. The third-order valence-corrected chi connectivity index (χ3v) is 2.81. The summed E-state index contributed by atoms with van der Waals surface area (Å²) in [5.41, 5.74) is 4.93. The van der Waals surface area contributed by atoms with Crippen molar-refractivity contribution in [2.24, 2.45) is 12.8 Å². The minimum atomic E-state index is -0.744. The molecule has 1 heterocycles. The average Bonchev–Trinajstić information content (AvgIpc) is 2.52. The van der Waals surface area contributed by atoms with Crippen LogP contribution in [0.25, 0.3) is 0 Å². The first-order valence-corrected chi connectivity index (χ1v) is 5.21. The second-order valence-corrected chi connectivity index (χ2v) is 4.41. The predicted octanol–water partition coefficient (Wildman–Crippen LogP) is 0.538. The molecule has 0 aliphatic rings. The second kappa shape index (κ2) is 4.44. The highest BCUT2D eigenvalue weighted by Crippen LogP contribution is 2.17. The van der Waals surface area contributed by atoms with E-state index < -0.39 is 5.54 Å². The molecule has 6 heteroatoms. The highest BCUT2D eigenvalue weighted by atomic mass is 32.2. The first kappa shape index (κ1) is 11.0. The fraction of sp³-hybridized carbons (Fsp3) is 0.625. The first-order chi connectivity index (χ1) is 6.55. The molecule has 0 aromatic carbocycles. The Kier molecular flexibility index (Phi) is 3.49. The summed E-state index contributed by atoms with van der Waals surface area (Å²) in [5, 5.41) is 17.2. The van der Waals surface area contributed by atoms with Gasteiger partial charge in [0.25, 0.3) is 0 Å². The Bertz CT molecular complexity index is 338. The number of hydrogen-bond acceptors (Lipinski definition) is 5. The molecule has 0 spiro atoms. The van der Waals surface area contributed by atoms with Gasteiger partial charge in [-0.15, -0.1) is 10.2 Å². The smallest absolute Gasteiger partial charge is 0.190 e. The van der Waals surface area contributed by atoms with Crippen LogP contribution in [0.2, 0.25) is 0 Å². The standard InChI is InChI=1S/C8H13N5S/c1-8(10,5-9)3-4-14-7-12-11-6-13(7)2/h6H,3-4,10H2,1-2H3. The fourth-order valence-corrected chi connectivity index (χ4v) is 1.88. The molecule has 0 fully saturated rings. The van der Waals surface area contributed by atoms with Crippen molar-refractivity contribution in [2.75, 3.05) is 5.75 Å². The molecule has 1 aromatic rings. The summed E-state index contributed by atoms with van der Waals surface area (Å²) in [4.78, 5) is 0. The van der Waals surface area contributed by atoms with Gasteiger partial charge in [-0.2, -0.15) is 5.26 Å². The summed E-state index contributed by atoms with van der Waals surface area (Å²) in [7, 11) is 1.88. The molecule has 76 valence electrons. The minimum Gasteiger partial charge on any atom is -0.314 e. The van der Waals surface area contributed by atoms with Crippen molar-refractivity contribution in [1.82, 2.24) is 14.8 Å². The molecular formula is C8H13N5S. The minimum absolute atomic E-state index is 0.640. The van der Waals surface area contributed by atoms with E-state index in [4.69, 9.17) is 11.0 Å². The van der Waals surface area contributed by atoms with E-state index in [-0.39, 0.29) is 0 Å². The van der Waals surface area contributed by atoms with E-state index in [1.165, 1.54) is 0 Å². The predicted molar refractivity (Wildman–Crippen MR) is 54.5 cm³/mol. The summed E-state index contributed by atoms with van der Waals surface area (Å²) in [6.45, 7) is 1.73. The topological polar surface area (TPSA) is 80.5 Å². The van der Waals surface area contributed by atoms with Crippen molar-refractivity contribution >= 4 is 11.8 Å². The number of nitriles is 1. The molecule has 0 radical (unpaired) electrons. The molecule has 1 atom stereocenters. The third-order valence-electron chi connectivity index (χ3n) is 1.78. The van der Waals surface area contributed by atoms with E-state index >= 15 is 0 Å². The Hall–Kier alpha value is -1.06. The van der Waals surface area contributed by atoms with Crippen LogP contribution in [0, 0.1) is 11.3 Å². The van der Waals surface area contributed by atoms with Gasteiger partial charge in [-0.25, -0.2) is 0 Å². The van der Waals surface area contributed by atoms with Crippen molar-refractivity contribution in [2.45, 2.75) is 24.0 Å². The summed E-state index contributed by atoms with van der Waals surface area (Å²) >= 11 is 1.55. The second-order valence-electron chi connectivity index (χ2n) is 3.35. The van der Waals surface area contributed by atoms with Gasteiger partial charge in [-0.05, 0) is 13.3 Å². The Labute approximate surface area is 87.3 Å². The van der Waals surface area contributed by atoms with Crippen LogP contribution >= 0.6 is 11.8 Å². The normalized spacial score (nSPS) is 14.7. The van der Waals surface area contributed by atoms with Crippen LogP contribution in [-0.4, -0.2) is 26.1 Å². The molecule has 0 amide bonds. The van der Waals surface area contributed by atoms with E-state index in [2.05, 4.69) is 16.3 Å². The maximum atomic E-state index is 8.69. The maximum Gasteiger partial charge on any atom is 0.190 e. The van der Waals surface area contributed by atoms with Crippen molar-refractivity contribution in [1.29, 1.82) is 5.26 Å². The van der Waals surface area contributed by atoms with Crippen molar-refractivity contribution in [3.63, 3.8) is 0 Å². The first-order valence-electron chi connectivity index (χ1n) is 4.22. The van der Waals surface area contributed by atoms with Crippen LogP contribution in [0.15, 0.2) is 11.5 Å². The van der Waals surface area contributed by atoms with Gasteiger partial charge in [0.05, 0.1) is 6.07 Å². The average molecular weight is 211 g/mol. The van der Waals surface area contributed by atoms with Gasteiger partial charge in [0.15, 0.2) is 5.16 Å². The molecule has 1 rings (SSSR count). The fourth-order valence-electron chi connectivity index (χ4n) is 0.814. The summed E-state index contributed by atoms with van der Waals surface area (Å²) in [6, 6.07) is 2.06. The monoisotopic (exact) mass is 211 g/mol. The summed E-state index contributed by atoms with van der Waals surface area (Å²) < 4.78 is 1.84. The lowest BCUT2D eigenvalue weighted by molar-refractivity contribution is 0.582. The Morgan fingerprint density at radius 2 is 2.50 bits per heavy atom. The van der Waals surface area contributed by atoms with E-state index in [9.17, 15) is 0 Å². The van der Waals surface area contributed by atoms with Crippen LogP contribution in [-0.2, 0) is 7.05 Å². The van der Waals surface area contributed by atoms with E-state index in [0.717, 1.165) is 10.9 Å². The molecule has 0 bridgehead atoms. The number of aromatic nitrogens is 3. The zero-order valence-electron chi connectivity index (χ0n) is 8.27. The summed E-state index contributed by atoms with van der Waals surface area (Å²) in [6.07, 6.45) is 2.29.